The van der Waals surface area contributed by atoms with Crippen LogP contribution in [0.25, 0.3) is 11.1 Å². The van der Waals surface area contributed by atoms with Gasteiger partial charge in [-0.1, -0.05) is 36.4 Å². The largest absolute Gasteiger partial charge is 0.507 e. The zero-order valence-corrected chi connectivity index (χ0v) is 11.2. The number of rotatable bonds is 4. The van der Waals surface area contributed by atoms with Gasteiger partial charge in [0.25, 0.3) is 0 Å². The number of esters is 1. The highest BCUT2D eigenvalue weighted by molar-refractivity contribution is 5.76. The van der Waals surface area contributed by atoms with E-state index in [9.17, 15) is 9.90 Å². The summed E-state index contributed by atoms with van der Waals surface area (Å²) in [6.45, 7) is 0. The lowest BCUT2D eigenvalue weighted by molar-refractivity contribution is -0.142. The first-order chi connectivity index (χ1) is 9.61. The molecule has 0 aliphatic carbocycles. The number of benzene rings is 2. The van der Waals surface area contributed by atoms with E-state index in [2.05, 4.69) is 4.74 Å². The molecule has 0 saturated carbocycles. The van der Waals surface area contributed by atoms with Gasteiger partial charge in [-0.2, -0.15) is 0 Å². The lowest BCUT2D eigenvalue weighted by Crippen LogP contribution is -2.33. The lowest BCUT2D eigenvalue weighted by Gasteiger charge is -2.11. The number of hydrogen-bond acceptors (Lipinski definition) is 4. The Kier molecular flexibility index (Phi) is 4.38. The van der Waals surface area contributed by atoms with E-state index in [1.54, 1.807) is 12.1 Å². The lowest BCUT2D eigenvalue weighted by atomic mass is 9.99. The van der Waals surface area contributed by atoms with Crippen LogP contribution in [-0.4, -0.2) is 24.2 Å². The summed E-state index contributed by atoms with van der Waals surface area (Å²) in [5.74, 6) is -0.245. The summed E-state index contributed by atoms with van der Waals surface area (Å²) < 4.78 is 4.61. The van der Waals surface area contributed by atoms with Gasteiger partial charge < -0.3 is 15.6 Å². The predicted molar refractivity (Wildman–Crippen MR) is 77.2 cm³/mol. The molecular formula is C16H17NO3. The second-order valence-corrected chi connectivity index (χ2v) is 4.55. The highest BCUT2D eigenvalue weighted by atomic mass is 16.5. The van der Waals surface area contributed by atoms with E-state index in [-0.39, 0.29) is 5.75 Å². The summed E-state index contributed by atoms with van der Waals surface area (Å²) in [5, 5.41) is 9.95. The Labute approximate surface area is 117 Å². The van der Waals surface area contributed by atoms with Crippen molar-refractivity contribution in [3.63, 3.8) is 0 Å². The average molecular weight is 271 g/mol. The molecule has 0 amide bonds. The summed E-state index contributed by atoms with van der Waals surface area (Å²) in [5.41, 5.74) is 8.26. The summed E-state index contributed by atoms with van der Waals surface area (Å²) in [7, 11) is 1.31. The van der Waals surface area contributed by atoms with Gasteiger partial charge in [0, 0.05) is 5.56 Å². The maximum Gasteiger partial charge on any atom is 0.322 e. The van der Waals surface area contributed by atoms with Crippen LogP contribution < -0.4 is 5.73 Å². The van der Waals surface area contributed by atoms with Crippen molar-refractivity contribution in [3.05, 3.63) is 54.1 Å². The van der Waals surface area contributed by atoms with Crippen LogP contribution in [0.2, 0.25) is 0 Å². The van der Waals surface area contributed by atoms with Crippen LogP contribution >= 0.6 is 0 Å². The van der Waals surface area contributed by atoms with Crippen LogP contribution in [0, 0.1) is 0 Å². The van der Waals surface area contributed by atoms with Crippen LogP contribution in [0.1, 0.15) is 5.56 Å². The van der Waals surface area contributed by atoms with Gasteiger partial charge in [-0.3, -0.25) is 4.79 Å². The summed E-state index contributed by atoms with van der Waals surface area (Å²) in [6.07, 6.45) is 0.368. The zero-order valence-electron chi connectivity index (χ0n) is 11.2. The summed E-state index contributed by atoms with van der Waals surface area (Å²) in [4.78, 5) is 11.3. The maximum atomic E-state index is 11.3. The fourth-order valence-electron chi connectivity index (χ4n) is 2.05. The predicted octanol–water partition coefficient (Wildman–Crippen LogP) is 2.10. The minimum Gasteiger partial charge on any atom is -0.507 e. The van der Waals surface area contributed by atoms with Crippen LogP contribution in [0.5, 0.6) is 5.75 Å². The first-order valence-corrected chi connectivity index (χ1v) is 6.32. The minimum absolute atomic E-state index is 0.201. The first kappa shape index (κ1) is 14.1. The van der Waals surface area contributed by atoms with E-state index in [1.807, 2.05) is 36.4 Å². The molecule has 0 aromatic heterocycles. The van der Waals surface area contributed by atoms with Crippen molar-refractivity contribution >= 4 is 5.97 Å². The van der Waals surface area contributed by atoms with E-state index in [0.29, 0.717) is 6.42 Å². The molecule has 0 unspecified atom stereocenters. The Morgan fingerprint density at radius 3 is 2.60 bits per heavy atom. The maximum absolute atomic E-state index is 11.3. The molecule has 20 heavy (non-hydrogen) atoms. The molecule has 4 nitrogen and oxygen atoms in total. The van der Waals surface area contributed by atoms with Crippen molar-refractivity contribution in [2.45, 2.75) is 12.5 Å². The van der Waals surface area contributed by atoms with Crippen molar-refractivity contribution in [1.29, 1.82) is 0 Å². The van der Waals surface area contributed by atoms with E-state index in [1.165, 1.54) is 7.11 Å². The van der Waals surface area contributed by atoms with Gasteiger partial charge in [0.05, 0.1) is 7.11 Å². The Hall–Kier alpha value is -2.33. The molecule has 104 valence electrons. The van der Waals surface area contributed by atoms with Crippen molar-refractivity contribution in [1.82, 2.24) is 0 Å². The number of ether oxygens (including phenoxy) is 1. The number of phenols is 1. The van der Waals surface area contributed by atoms with Crippen molar-refractivity contribution in [2.24, 2.45) is 5.73 Å². The minimum atomic E-state index is -0.701. The van der Waals surface area contributed by atoms with Crippen molar-refractivity contribution in [2.75, 3.05) is 7.11 Å². The monoisotopic (exact) mass is 271 g/mol. The molecule has 0 bridgehead atoms. The third kappa shape index (κ3) is 3.16. The molecule has 3 N–H and O–H groups in total. The number of nitrogens with two attached hydrogens (primary N) is 1. The molecule has 0 aliphatic rings. The Morgan fingerprint density at radius 1 is 1.25 bits per heavy atom. The Balaban J connectivity index is 2.28. The number of aromatic hydroxyl groups is 1. The highest BCUT2D eigenvalue weighted by Crippen LogP contribution is 2.30. The molecule has 4 heteroatoms. The molecule has 0 fully saturated rings. The first-order valence-electron chi connectivity index (χ1n) is 6.32. The van der Waals surface area contributed by atoms with E-state index in [0.717, 1.165) is 16.7 Å². The zero-order chi connectivity index (χ0) is 14.5. The van der Waals surface area contributed by atoms with Crippen LogP contribution in [0.4, 0.5) is 0 Å². The van der Waals surface area contributed by atoms with E-state index >= 15 is 0 Å². The fraction of sp³-hybridized carbons (Fsp3) is 0.188. The number of methoxy groups -OCH3 is 1. The standard InChI is InChI=1S/C16H17NO3/c1-20-16(19)14(17)10-11-7-8-15(18)13(9-11)12-5-3-2-4-6-12/h2-9,14,18H,10,17H2,1H3/t14-/m0/s1. The second kappa shape index (κ2) is 6.21. The van der Waals surface area contributed by atoms with Gasteiger partial charge >= 0.3 is 5.97 Å². The molecule has 0 radical (unpaired) electrons. The fourth-order valence-corrected chi connectivity index (χ4v) is 2.05. The van der Waals surface area contributed by atoms with Gasteiger partial charge in [0.15, 0.2) is 0 Å². The number of phenolic OH excluding ortho intramolecular Hbond substituents is 1. The van der Waals surface area contributed by atoms with Crippen molar-refractivity contribution in [3.8, 4) is 16.9 Å². The topological polar surface area (TPSA) is 72.5 Å². The highest BCUT2D eigenvalue weighted by Gasteiger charge is 2.15. The number of carbonyl (C=O) groups excluding carboxylic acids is 1. The molecule has 1 atom stereocenters. The van der Waals surface area contributed by atoms with Crippen molar-refractivity contribution < 1.29 is 14.6 Å². The second-order valence-electron chi connectivity index (χ2n) is 4.55. The molecule has 0 heterocycles. The summed E-state index contributed by atoms with van der Waals surface area (Å²) >= 11 is 0. The SMILES string of the molecule is COC(=O)[C@@H](N)Cc1ccc(O)c(-c2ccccc2)c1. The molecule has 0 spiro atoms. The summed E-state index contributed by atoms with van der Waals surface area (Å²) in [6, 6.07) is 14.1. The van der Waals surface area contributed by atoms with Gasteiger partial charge in [-0.15, -0.1) is 0 Å². The van der Waals surface area contributed by atoms with E-state index < -0.39 is 12.0 Å². The quantitative estimate of drug-likeness (QED) is 0.835. The van der Waals surface area contributed by atoms with Gasteiger partial charge in [0.2, 0.25) is 0 Å². The third-order valence-electron chi connectivity index (χ3n) is 3.11. The molecule has 2 aromatic carbocycles. The van der Waals surface area contributed by atoms with Crippen LogP contribution in [-0.2, 0) is 16.0 Å². The smallest absolute Gasteiger partial charge is 0.322 e. The van der Waals surface area contributed by atoms with Gasteiger partial charge in [0.1, 0.15) is 11.8 Å². The average Bonchev–Trinajstić information content (AvgIpc) is 2.49. The molecule has 0 saturated heterocycles. The van der Waals surface area contributed by atoms with Gasteiger partial charge in [-0.05, 0) is 29.7 Å². The van der Waals surface area contributed by atoms with E-state index in [4.69, 9.17) is 5.73 Å². The van der Waals surface area contributed by atoms with Gasteiger partial charge in [-0.25, -0.2) is 0 Å². The normalized spacial score (nSPS) is 11.9. The van der Waals surface area contributed by atoms with Crippen LogP contribution in [0.3, 0.4) is 0 Å². The Bertz CT molecular complexity index is 596. The third-order valence-corrected chi connectivity index (χ3v) is 3.11. The molecule has 2 rings (SSSR count). The molecule has 2 aromatic rings. The Morgan fingerprint density at radius 2 is 1.95 bits per heavy atom. The molecular weight excluding hydrogens is 254 g/mol. The number of hydrogen-bond donors (Lipinski definition) is 2. The number of carbonyl (C=O) groups is 1. The van der Waals surface area contributed by atoms with Crippen LogP contribution in [0.15, 0.2) is 48.5 Å². The molecule has 0 aliphatic heterocycles.